The third kappa shape index (κ3) is 23.7. The molecule has 20 nitrogen and oxygen atoms in total. The van der Waals surface area contributed by atoms with Crippen molar-refractivity contribution >= 4 is 78.6 Å². The number of halogens is 5. The Labute approximate surface area is 675 Å². The first-order valence-corrected chi connectivity index (χ1v) is 39.3. The quantitative estimate of drug-likeness (QED) is 0.0247. The fraction of sp³-hybridized carbons (Fsp3) is 0.412. The van der Waals surface area contributed by atoms with E-state index in [9.17, 15) is 50.4 Å². The summed E-state index contributed by atoms with van der Waals surface area (Å²) in [7, 11) is 1.32. The minimum absolute atomic E-state index is 0.134. The van der Waals surface area contributed by atoms with Gasteiger partial charge in [-0.2, -0.15) is 0 Å². The third-order valence-electron chi connectivity index (χ3n) is 19.0. The summed E-state index contributed by atoms with van der Waals surface area (Å²) in [6.45, 7) is 16.0. The van der Waals surface area contributed by atoms with Crippen LogP contribution in [-0.2, 0) is 69.5 Å². The predicted octanol–water partition coefficient (Wildman–Crippen LogP) is 14.3. The summed E-state index contributed by atoms with van der Waals surface area (Å²) >= 11 is 26.1. The number of carbonyl (C=O) groups is 2. The summed E-state index contributed by atoms with van der Waals surface area (Å²) in [5.41, 5.74) is 10.1. The molecule has 0 saturated carbocycles. The lowest BCUT2D eigenvalue weighted by molar-refractivity contribution is -0.366. The highest BCUT2D eigenvalue weighted by atomic mass is 79.9. The van der Waals surface area contributed by atoms with Crippen LogP contribution in [0.25, 0.3) is 0 Å². The van der Waals surface area contributed by atoms with E-state index in [4.69, 9.17) is 82.2 Å². The average Bonchev–Trinajstić information content (AvgIpc) is 0.756. The molecule has 0 unspecified atom stereocenters. The van der Waals surface area contributed by atoms with Crippen LogP contribution in [0.15, 0.2) is 179 Å². The fourth-order valence-electron chi connectivity index (χ4n) is 13.3. The van der Waals surface area contributed by atoms with Crippen LogP contribution in [-0.4, -0.2) is 167 Å². The second kappa shape index (κ2) is 42.9. The minimum atomic E-state index is -1.77. The summed E-state index contributed by atoms with van der Waals surface area (Å²) in [6.07, 6.45) is -10.4. The third-order valence-corrected chi connectivity index (χ3v) is 21.3. The molecule has 25 heteroatoms. The molecule has 0 aromatic heterocycles. The number of rotatable bonds is 25. The SMILES string of the molecule is CCOc1ccc(Cc2cc(Br)ccc2Cl)cc1.CCOc1ccc(Cc2cc([C@@H]3O[C@H](CC)[C@@H](C)[C@H](OC(C)=O)[C@H]3OC(C)=O)ccc2Cl)cc1.CCOc1ccc(Cc2cc([C@@H]3O[C@H](CO)[C@@H](O)[C@H](O)[C@H]3O)ccc2Br)cc1.CCOc1ccc(Cc2cc([C@]3(OC)O[C@H](CO)[C@@H](O)[C@H](O)[C@H]3O)ccc2Cl)cc1. The molecule has 594 valence electrons. The Morgan fingerprint density at radius 2 is 0.836 bits per heavy atom. The van der Waals surface area contributed by atoms with Crippen molar-refractivity contribution in [1.29, 1.82) is 0 Å². The van der Waals surface area contributed by atoms with Crippen molar-refractivity contribution in [2.45, 2.75) is 173 Å². The Morgan fingerprint density at radius 3 is 1.28 bits per heavy atom. The summed E-state index contributed by atoms with van der Waals surface area (Å²) in [6, 6.07) is 53.7. The van der Waals surface area contributed by atoms with Gasteiger partial charge in [-0.25, -0.2) is 0 Å². The van der Waals surface area contributed by atoms with Crippen molar-refractivity contribution in [2.75, 3.05) is 46.8 Å². The minimum Gasteiger partial charge on any atom is -0.494 e. The van der Waals surface area contributed by atoms with E-state index in [2.05, 4.69) is 50.1 Å². The summed E-state index contributed by atoms with van der Waals surface area (Å²) in [5, 5.41) is 82.3. The number of benzene rings is 8. The monoisotopic (exact) mass is 1700 g/mol. The zero-order valence-corrected chi connectivity index (χ0v) is 68.3. The zero-order valence-electron chi connectivity index (χ0n) is 62.9. The smallest absolute Gasteiger partial charge is 0.303 e. The zero-order chi connectivity index (χ0) is 79.9. The molecule has 0 spiro atoms. The van der Waals surface area contributed by atoms with Crippen molar-refractivity contribution in [1.82, 2.24) is 0 Å². The number of methoxy groups -OCH3 is 1. The normalized spacial score (nSPS) is 24.2. The van der Waals surface area contributed by atoms with Crippen LogP contribution in [0.4, 0.5) is 0 Å². The van der Waals surface area contributed by atoms with E-state index in [0.717, 1.165) is 94.3 Å². The van der Waals surface area contributed by atoms with E-state index >= 15 is 0 Å². The summed E-state index contributed by atoms with van der Waals surface area (Å²) < 4.78 is 58.5. The van der Waals surface area contributed by atoms with Crippen molar-refractivity contribution in [3.63, 3.8) is 0 Å². The molecule has 8 aromatic carbocycles. The molecule has 0 amide bonds. The highest BCUT2D eigenvalue weighted by Gasteiger charge is 2.55. The maximum atomic E-state index is 12.0. The molecule has 0 radical (unpaired) electrons. The lowest BCUT2D eigenvalue weighted by Gasteiger charge is -2.47. The van der Waals surface area contributed by atoms with Gasteiger partial charge in [0.1, 0.15) is 90.1 Å². The molecule has 3 aliphatic rings. The van der Waals surface area contributed by atoms with Crippen LogP contribution < -0.4 is 18.9 Å². The summed E-state index contributed by atoms with van der Waals surface area (Å²) in [4.78, 5) is 23.8. The van der Waals surface area contributed by atoms with E-state index in [1.54, 1.807) is 24.3 Å². The molecule has 0 bridgehead atoms. The van der Waals surface area contributed by atoms with Crippen LogP contribution in [0.2, 0.25) is 15.1 Å². The Morgan fingerprint density at radius 1 is 0.445 bits per heavy atom. The van der Waals surface area contributed by atoms with Gasteiger partial charge in [0.05, 0.1) is 45.7 Å². The molecule has 15 atom stereocenters. The number of hydrogen-bond donors (Lipinski definition) is 8. The van der Waals surface area contributed by atoms with Gasteiger partial charge in [-0.05, 0) is 206 Å². The van der Waals surface area contributed by atoms with E-state index in [0.29, 0.717) is 66.9 Å². The second-order valence-corrected chi connectivity index (χ2v) is 29.6. The Balaban J connectivity index is 0.000000188. The topological polar surface area (TPSA) is 288 Å². The van der Waals surface area contributed by atoms with Crippen molar-refractivity contribution in [3.05, 3.63) is 255 Å². The maximum Gasteiger partial charge on any atom is 0.303 e. The van der Waals surface area contributed by atoms with Crippen LogP contribution in [0, 0.1) is 5.92 Å². The molecular formula is C85H99Br2Cl3O20. The Hall–Kier alpha value is -6.75. The first-order chi connectivity index (χ1) is 52.7. The van der Waals surface area contributed by atoms with E-state index in [1.807, 2.05) is 169 Å². The maximum absolute atomic E-state index is 12.0. The molecule has 3 fully saturated rings. The van der Waals surface area contributed by atoms with Gasteiger partial charge in [0.25, 0.3) is 0 Å². The van der Waals surface area contributed by atoms with Crippen LogP contribution in [0.5, 0.6) is 23.0 Å². The van der Waals surface area contributed by atoms with Crippen molar-refractivity contribution in [2.24, 2.45) is 5.92 Å². The van der Waals surface area contributed by atoms with Crippen LogP contribution in [0.1, 0.15) is 135 Å². The number of carbonyl (C=O) groups excluding carboxylic acids is 2. The van der Waals surface area contributed by atoms with Crippen molar-refractivity contribution < 1.29 is 97.8 Å². The largest absolute Gasteiger partial charge is 0.494 e. The van der Waals surface area contributed by atoms with Crippen LogP contribution in [0.3, 0.4) is 0 Å². The molecule has 8 N–H and O–H groups in total. The molecule has 3 heterocycles. The summed E-state index contributed by atoms with van der Waals surface area (Å²) in [5.74, 6) is 0.540. The van der Waals surface area contributed by atoms with Gasteiger partial charge in [-0.1, -0.05) is 159 Å². The van der Waals surface area contributed by atoms with E-state index in [-0.39, 0.29) is 12.0 Å². The molecule has 3 aliphatic heterocycles. The average molecular weight is 1710 g/mol. The number of ether oxygens (including phenoxy) is 10. The predicted molar refractivity (Wildman–Crippen MR) is 427 cm³/mol. The molecule has 11 rings (SSSR count). The fourth-order valence-corrected chi connectivity index (χ4v) is 14.7. The Bertz CT molecular complexity index is 4200. The van der Waals surface area contributed by atoms with Gasteiger partial charge in [-0.15, -0.1) is 0 Å². The number of hydrogen-bond acceptors (Lipinski definition) is 20. The highest BCUT2D eigenvalue weighted by Crippen LogP contribution is 2.44. The van der Waals surface area contributed by atoms with Gasteiger partial charge in [0, 0.05) is 56.5 Å². The van der Waals surface area contributed by atoms with Gasteiger partial charge < -0.3 is 88.2 Å². The lowest BCUT2D eigenvalue weighted by Crippen LogP contribution is -2.64. The van der Waals surface area contributed by atoms with Crippen LogP contribution >= 0.6 is 66.7 Å². The second-order valence-electron chi connectivity index (χ2n) is 26.7. The Kier molecular flexibility index (Phi) is 34.7. The number of esters is 2. The first-order valence-electron chi connectivity index (χ1n) is 36.6. The van der Waals surface area contributed by atoms with Gasteiger partial charge in [0.15, 0.2) is 6.10 Å². The van der Waals surface area contributed by atoms with Gasteiger partial charge >= 0.3 is 11.9 Å². The van der Waals surface area contributed by atoms with Gasteiger partial charge in [-0.3, -0.25) is 9.59 Å². The number of aliphatic hydroxyl groups excluding tert-OH is 8. The number of aliphatic hydroxyl groups is 8. The molecule has 110 heavy (non-hydrogen) atoms. The molecule has 8 aromatic rings. The van der Waals surface area contributed by atoms with Gasteiger partial charge in [0.2, 0.25) is 5.79 Å². The van der Waals surface area contributed by atoms with Crippen molar-refractivity contribution in [3.8, 4) is 23.0 Å². The molecule has 0 aliphatic carbocycles. The standard InChI is InChI=1S/C27H33ClO6.C22H27ClO7.C21H25BrO6.C15H14BrClO/c1-6-24-16(3)25(32-17(4)29)27(33-18(5)30)26(34-24)20-10-13-23(28)21(15-20)14-19-8-11-22(12-9-19)31-7-2;1-3-29-16-7-4-13(5-8-16)10-14-11-15(6-9-17(14)23)22(28-2)21(27)20(26)19(25)18(12-24)30-22;1-2-27-15-6-3-12(4-7-15)9-14-10-13(5-8-16(14)22)21-20(26)19(25)18(24)17(11-23)28-21;1-2-18-14-6-3-11(4-7-14)9-12-10-13(16)5-8-15(12)17/h8-13,15-16,24-27H,6-7,14H2,1-5H3;4-9,11,18-21,24-27H,3,10,12H2,1-2H3;3-8,10,17-21,23-26H,2,9,11H2,1H3;3-8,10H,2,9H2,1H3/t16-,24-,25+,26+,27-;18-,19-,20+,21-,22+;17-,18-,19+,20-,21+;/m111./s1. The van der Waals surface area contributed by atoms with E-state index in [1.165, 1.54) is 26.5 Å². The molecular weight excluding hydrogens is 1610 g/mol. The highest BCUT2D eigenvalue weighted by molar-refractivity contribution is 9.10. The first kappa shape index (κ1) is 88.8. The molecule has 3 saturated heterocycles. The lowest BCUT2D eigenvalue weighted by atomic mass is 9.84. The van der Waals surface area contributed by atoms with E-state index < -0.39 is 104 Å².